The SMILES string of the molecule is CC(=O)N[C@H](Cc1ccccc1)C(=O)OCC(=O)c1ccc([N+](=O)[O-])cc1. The molecular formula is C19H18N2O6. The molecule has 0 heterocycles. The number of carbonyl (C=O) groups excluding carboxylic acids is 3. The van der Waals surface area contributed by atoms with Crippen molar-refractivity contribution in [1.82, 2.24) is 5.32 Å². The van der Waals surface area contributed by atoms with Crippen LogP contribution in [0.1, 0.15) is 22.8 Å². The predicted molar refractivity (Wildman–Crippen MR) is 96.1 cm³/mol. The molecule has 27 heavy (non-hydrogen) atoms. The molecule has 2 aromatic carbocycles. The van der Waals surface area contributed by atoms with Gasteiger partial charge in [0.15, 0.2) is 12.4 Å². The minimum atomic E-state index is -0.922. The number of carbonyl (C=O) groups is 3. The number of nitrogens with one attached hydrogen (secondary N) is 1. The molecule has 0 aliphatic carbocycles. The van der Waals surface area contributed by atoms with Gasteiger partial charge in [0, 0.05) is 31.0 Å². The Morgan fingerprint density at radius 3 is 2.26 bits per heavy atom. The number of Topliss-reactive ketones (excluding diaryl/α,β-unsaturated/α-hetero) is 1. The highest BCUT2D eigenvalue weighted by molar-refractivity contribution is 5.98. The van der Waals surface area contributed by atoms with Gasteiger partial charge in [-0.3, -0.25) is 19.7 Å². The van der Waals surface area contributed by atoms with E-state index in [9.17, 15) is 24.5 Å². The Kier molecular flexibility index (Phi) is 6.76. The summed E-state index contributed by atoms with van der Waals surface area (Å²) < 4.78 is 5.03. The standard InChI is InChI=1S/C19H18N2O6/c1-13(22)20-17(11-14-5-3-2-4-6-14)19(24)27-12-18(23)15-7-9-16(10-8-15)21(25)26/h2-10,17H,11-12H2,1H3,(H,20,22)/t17-/m1/s1. The lowest BCUT2D eigenvalue weighted by molar-refractivity contribution is -0.384. The number of benzene rings is 2. The van der Waals surface area contributed by atoms with Gasteiger partial charge in [-0.2, -0.15) is 0 Å². The molecule has 0 aromatic heterocycles. The second kappa shape index (κ2) is 9.23. The minimum Gasteiger partial charge on any atom is -0.456 e. The van der Waals surface area contributed by atoms with Gasteiger partial charge in [-0.05, 0) is 17.7 Å². The summed E-state index contributed by atoms with van der Waals surface area (Å²) in [5.74, 6) is -1.63. The summed E-state index contributed by atoms with van der Waals surface area (Å²) >= 11 is 0. The van der Waals surface area contributed by atoms with Crippen LogP contribution in [0.25, 0.3) is 0 Å². The third-order valence-electron chi connectivity index (χ3n) is 3.69. The number of hydrogen-bond acceptors (Lipinski definition) is 6. The van der Waals surface area contributed by atoms with Crippen molar-refractivity contribution in [2.45, 2.75) is 19.4 Å². The van der Waals surface area contributed by atoms with Gasteiger partial charge in [-0.25, -0.2) is 4.79 Å². The van der Waals surface area contributed by atoms with Gasteiger partial charge >= 0.3 is 5.97 Å². The van der Waals surface area contributed by atoms with E-state index in [0.717, 1.165) is 5.56 Å². The van der Waals surface area contributed by atoms with Crippen molar-refractivity contribution in [2.24, 2.45) is 0 Å². The monoisotopic (exact) mass is 370 g/mol. The maximum absolute atomic E-state index is 12.3. The van der Waals surface area contributed by atoms with E-state index in [1.165, 1.54) is 31.2 Å². The van der Waals surface area contributed by atoms with Gasteiger partial charge in [-0.1, -0.05) is 30.3 Å². The van der Waals surface area contributed by atoms with Crippen LogP contribution in [0.4, 0.5) is 5.69 Å². The maximum atomic E-state index is 12.3. The normalized spacial score (nSPS) is 11.3. The molecule has 0 radical (unpaired) electrons. The van der Waals surface area contributed by atoms with Crippen LogP contribution in [-0.2, 0) is 20.7 Å². The number of amides is 1. The Bertz CT molecular complexity index is 833. The smallest absolute Gasteiger partial charge is 0.329 e. The van der Waals surface area contributed by atoms with Crippen LogP contribution in [0.15, 0.2) is 54.6 Å². The molecule has 8 nitrogen and oxygen atoms in total. The maximum Gasteiger partial charge on any atom is 0.329 e. The van der Waals surface area contributed by atoms with Crippen LogP contribution in [0.3, 0.4) is 0 Å². The fourth-order valence-electron chi connectivity index (χ4n) is 2.38. The average Bonchev–Trinajstić information content (AvgIpc) is 2.65. The van der Waals surface area contributed by atoms with Crippen molar-refractivity contribution < 1.29 is 24.0 Å². The molecule has 0 saturated heterocycles. The van der Waals surface area contributed by atoms with Gasteiger partial charge in [0.05, 0.1) is 4.92 Å². The first kappa shape index (κ1) is 19.8. The highest BCUT2D eigenvalue weighted by atomic mass is 16.6. The number of ether oxygens (including phenoxy) is 1. The molecule has 0 aliphatic heterocycles. The van der Waals surface area contributed by atoms with Crippen molar-refractivity contribution >= 4 is 23.3 Å². The van der Waals surface area contributed by atoms with Crippen LogP contribution >= 0.6 is 0 Å². The van der Waals surface area contributed by atoms with Crippen molar-refractivity contribution in [1.29, 1.82) is 0 Å². The lowest BCUT2D eigenvalue weighted by Crippen LogP contribution is -2.42. The Balaban J connectivity index is 1.98. The molecular weight excluding hydrogens is 352 g/mol. The topological polar surface area (TPSA) is 116 Å². The number of nitro groups is 1. The molecule has 2 rings (SSSR count). The van der Waals surface area contributed by atoms with Crippen LogP contribution in [-0.4, -0.2) is 35.2 Å². The highest BCUT2D eigenvalue weighted by Crippen LogP contribution is 2.12. The van der Waals surface area contributed by atoms with Crippen LogP contribution in [0, 0.1) is 10.1 Å². The fourth-order valence-corrected chi connectivity index (χ4v) is 2.38. The molecule has 2 aromatic rings. The van der Waals surface area contributed by atoms with E-state index >= 15 is 0 Å². The van der Waals surface area contributed by atoms with Gasteiger partial charge in [0.1, 0.15) is 6.04 Å². The molecule has 0 unspecified atom stereocenters. The van der Waals surface area contributed by atoms with Crippen molar-refractivity contribution in [2.75, 3.05) is 6.61 Å². The number of nitro benzene ring substituents is 1. The largest absolute Gasteiger partial charge is 0.456 e. The Morgan fingerprint density at radius 1 is 1.07 bits per heavy atom. The first-order valence-corrected chi connectivity index (χ1v) is 8.12. The van der Waals surface area contributed by atoms with Crippen LogP contribution < -0.4 is 5.32 Å². The van der Waals surface area contributed by atoms with E-state index in [-0.39, 0.29) is 17.7 Å². The molecule has 1 N–H and O–H groups in total. The molecule has 0 bridgehead atoms. The van der Waals surface area contributed by atoms with Gasteiger partial charge in [0.25, 0.3) is 5.69 Å². The number of hydrogen-bond donors (Lipinski definition) is 1. The Labute approximate surface area is 155 Å². The molecule has 0 saturated carbocycles. The van der Waals surface area contributed by atoms with Gasteiger partial charge in [0.2, 0.25) is 5.91 Å². The molecule has 0 aliphatic rings. The average molecular weight is 370 g/mol. The predicted octanol–water partition coefficient (Wildman–Crippen LogP) is 2.07. The summed E-state index contributed by atoms with van der Waals surface area (Å²) in [6.07, 6.45) is 0.227. The Morgan fingerprint density at radius 2 is 1.70 bits per heavy atom. The zero-order chi connectivity index (χ0) is 19.8. The molecule has 0 fully saturated rings. The number of esters is 1. The first-order valence-electron chi connectivity index (χ1n) is 8.12. The lowest BCUT2D eigenvalue weighted by Gasteiger charge is -2.16. The van der Waals surface area contributed by atoms with E-state index < -0.39 is 35.2 Å². The summed E-state index contributed by atoms with van der Waals surface area (Å²) in [7, 11) is 0. The fraction of sp³-hybridized carbons (Fsp3) is 0.211. The third-order valence-corrected chi connectivity index (χ3v) is 3.69. The second-order valence-electron chi connectivity index (χ2n) is 5.78. The van der Waals surface area contributed by atoms with Crippen molar-refractivity contribution in [3.8, 4) is 0 Å². The number of ketones is 1. The van der Waals surface area contributed by atoms with E-state index in [1.54, 1.807) is 0 Å². The van der Waals surface area contributed by atoms with Crippen molar-refractivity contribution in [3.63, 3.8) is 0 Å². The van der Waals surface area contributed by atoms with Crippen LogP contribution in [0.2, 0.25) is 0 Å². The lowest BCUT2D eigenvalue weighted by atomic mass is 10.1. The summed E-state index contributed by atoms with van der Waals surface area (Å²) in [6, 6.07) is 13.1. The summed E-state index contributed by atoms with van der Waals surface area (Å²) in [5, 5.41) is 13.1. The quantitative estimate of drug-likeness (QED) is 0.329. The zero-order valence-corrected chi connectivity index (χ0v) is 14.6. The number of nitrogens with zero attached hydrogens (tertiary/aromatic N) is 1. The minimum absolute atomic E-state index is 0.142. The van der Waals surface area contributed by atoms with Crippen molar-refractivity contribution in [3.05, 3.63) is 75.8 Å². The summed E-state index contributed by atoms with van der Waals surface area (Å²) in [5.41, 5.74) is 0.875. The van der Waals surface area contributed by atoms with Gasteiger partial charge < -0.3 is 10.1 Å². The van der Waals surface area contributed by atoms with E-state index in [0.29, 0.717) is 0 Å². The van der Waals surface area contributed by atoms with E-state index in [2.05, 4.69) is 5.32 Å². The molecule has 8 heteroatoms. The van der Waals surface area contributed by atoms with Crippen LogP contribution in [0.5, 0.6) is 0 Å². The first-order chi connectivity index (χ1) is 12.9. The highest BCUT2D eigenvalue weighted by Gasteiger charge is 2.22. The summed E-state index contributed by atoms with van der Waals surface area (Å²) in [4.78, 5) is 45.8. The molecule has 1 amide bonds. The van der Waals surface area contributed by atoms with E-state index in [4.69, 9.17) is 4.74 Å². The Hall–Kier alpha value is -3.55. The molecule has 1 atom stereocenters. The van der Waals surface area contributed by atoms with Gasteiger partial charge in [-0.15, -0.1) is 0 Å². The molecule has 0 spiro atoms. The third kappa shape index (κ3) is 6.03. The second-order valence-corrected chi connectivity index (χ2v) is 5.78. The number of rotatable bonds is 8. The number of non-ortho nitro benzene ring substituents is 1. The molecule has 140 valence electrons. The van der Waals surface area contributed by atoms with E-state index in [1.807, 2.05) is 30.3 Å². The zero-order valence-electron chi connectivity index (χ0n) is 14.6. The summed E-state index contributed by atoms with van der Waals surface area (Å²) in [6.45, 7) is 0.759.